The van der Waals surface area contributed by atoms with Crippen LogP contribution in [0.15, 0.2) is 35.5 Å². The monoisotopic (exact) mass is 484 g/mol. The summed E-state index contributed by atoms with van der Waals surface area (Å²) in [4.78, 5) is 48.2. The zero-order valence-electron chi connectivity index (χ0n) is 19.3. The van der Waals surface area contributed by atoms with E-state index in [1.165, 1.54) is 19.9 Å². The molecule has 1 fully saturated rings. The highest BCUT2D eigenvalue weighted by atomic mass is 35.5. The van der Waals surface area contributed by atoms with Gasteiger partial charge in [0.15, 0.2) is 17.1 Å². The van der Waals surface area contributed by atoms with Gasteiger partial charge in [-0.2, -0.15) is 0 Å². The van der Waals surface area contributed by atoms with Crippen molar-refractivity contribution in [1.82, 2.24) is 0 Å². The molecule has 10 heteroatoms. The molecule has 1 N–H and O–H groups in total. The molecule has 0 spiro atoms. The predicted octanol–water partition coefficient (Wildman–Crippen LogP) is 2.15. The maximum absolute atomic E-state index is 13.0. The molecule has 2 aliphatic rings. The molecule has 6 unspecified atom stereocenters. The van der Waals surface area contributed by atoms with Crippen LogP contribution in [0.1, 0.15) is 40.5 Å². The number of ether oxygens (including phenoxy) is 4. The van der Waals surface area contributed by atoms with E-state index in [2.05, 4.69) is 6.58 Å². The Balaban J connectivity index is 2.72. The number of allylic oxidation sites excluding steroid dienone is 2. The number of alkyl halides is 1. The third-order valence-electron chi connectivity index (χ3n) is 5.71. The van der Waals surface area contributed by atoms with E-state index < -0.39 is 59.1 Å². The van der Waals surface area contributed by atoms with E-state index in [9.17, 15) is 24.3 Å². The minimum atomic E-state index is -1.86. The highest BCUT2D eigenvalue weighted by Crippen LogP contribution is 2.38. The van der Waals surface area contributed by atoms with Crippen LogP contribution in [0.4, 0.5) is 0 Å². The Labute approximate surface area is 197 Å². The van der Waals surface area contributed by atoms with Crippen LogP contribution < -0.4 is 0 Å². The van der Waals surface area contributed by atoms with E-state index in [-0.39, 0.29) is 11.1 Å². The van der Waals surface area contributed by atoms with Crippen LogP contribution in [0, 0.1) is 5.92 Å². The fourth-order valence-corrected chi connectivity index (χ4v) is 3.65. The Bertz CT molecular complexity index is 900. The number of carbonyl (C=O) groups excluding carboxylic acids is 4. The van der Waals surface area contributed by atoms with Crippen LogP contribution in [0.25, 0.3) is 0 Å². The SMILES string of the molecule is C=C1C(=O)OC2/C=C(\C)CC/C=C(\C(=O)OC)C(OC(C)=O)C(OC(=O)C(C)(Cl)C(C)O)C12. The second-order valence-corrected chi connectivity index (χ2v) is 9.06. The van der Waals surface area contributed by atoms with Gasteiger partial charge in [0.25, 0.3) is 0 Å². The molecule has 1 aliphatic heterocycles. The van der Waals surface area contributed by atoms with Gasteiger partial charge in [0, 0.05) is 12.5 Å². The van der Waals surface area contributed by atoms with E-state index in [0.29, 0.717) is 12.8 Å². The molecular formula is C23H29ClO9. The first-order valence-corrected chi connectivity index (χ1v) is 10.8. The van der Waals surface area contributed by atoms with Crippen molar-refractivity contribution in [3.8, 4) is 0 Å². The van der Waals surface area contributed by atoms with Gasteiger partial charge >= 0.3 is 23.9 Å². The lowest BCUT2D eigenvalue weighted by Crippen LogP contribution is -2.50. The summed E-state index contributed by atoms with van der Waals surface area (Å²) in [5.41, 5.74) is 0.756. The van der Waals surface area contributed by atoms with Gasteiger partial charge in [0.05, 0.1) is 24.7 Å². The first kappa shape index (κ1) is 26.6. The molecule has 0 amide bonds. The summed E-state index contributed by atoms with van der Waals surface area (Å²) in [6.07, 6.45) is -0.959. The van der Waals surface area contributed by atoms with Crippen LogP contribution in [-0.2, 0) is 38.1 Å². The van der Waals surface area contributed by atoms with Gasteiger partial charge in [-0.15, -0.1) is 11.6 Å². The van der Waals surface area contributed by atoms with Crippen molar-refractivity contribution >= 4 is 35.5 Å². The van der Waals surface area contributed by atoms with E-state index in [4.69, 9.17) is 30.5 Å². The van der Waals surface area contributed by atoms with Crippen LogP contribution in [0.2, 0.25) is 0 Å². The number of aliphatic hydroxyl groups excluding tert-OH is 1. The number of methoxy groups -OCH3 is 1. The van der Waals surface area contributed by atoms with Gasteiger partial charge in [0.2, 0.25) is 0 Å². The van der Waals surface area contributed by atoms with Crippen LogP contribution in [0.3, 0.4) is 0 Å². The summed E-state index contributed by atoms with van der Waals surface area (Å²) in [6.45, 7) is 9.29. The molecular weight excluding hydrogens is 456 g/mol. The molecule has 1 aliphatic carbocycles. The molecule has 9 nitrogen and oxygen atoms in total. The maximum atomic E-state index is 13.0. The predicted molar refractivity (Wildman–Crippen MR) is 117 cm³/mol. The largest absolute Gasteiger partial charge is 0.466 e. The van der Waals surface area contributed by atoms with Gasteiger partial charge < -0.3 is 24.1 Å². The van der Waals surface area contributed by atoms with Crippen molar-refractivity contribution in [2.45, 2.75) is 69.8 Å². The summed E-state index contributed by atoms with van der Waals surface area (Å²) < 4.78 is 21.4. The molecule has 0 bridgehead atoms. The first-order valence-electron chi connectivity index (χ1n) is 10.4. The second kappa shape index (κ2) is 10.5. The zero-order chi connectivity index (χ0) is 25.1. The normalized spacial score (nSPS) is 31.4. The van der Waals surface area contributed by atoms with Gasteiger partial charge in [-0.05, 0) is 39.7 Å². The van der Waals surface area contributed by atoms with E-state index >= 15 is 0 Å². The van der Waals surface area contributed by atoms with Crippen LogP contribution in [0.5, 0.6) is 0 Å². The molecule has 0 aromatic rings. The molecule has 33 heavy (non-hydrogen) atoms. The highest BCUT2D eigenvalue weighted by molar-refractivity contribution is 6.34. The molecule has 0 radical (unpaired) electrons. The smallest absolute Gasteiger partial charge is 0.337 e. The molecule has 0 aromatic carbocycles. The number of hydrogen-bond acceptors (Lipinski definition) is 9. The van der Waals surface area contributed by atoms with Crippen molar-refractivity contribution < 1.29 is 43.2 Å². The molecule has 1 heterocycles. The van der Waals surface area contributed by atoms with Crippen molar-refractivity contribution in [2.75, 3.05) is 7.11 Å². The Morgan fingerprint density at radius 1 is 1.33 bits per heavy atom. The molecule has 6 atom stereocenters. The number of rotatable bonds is 5. The van der Waals surface area contributed by atoms with Crippen LogP contribution >= 0.6 is 11.6 Å². The summed E-state index contributed by atoms with van der Waals surface area (Å²) in [6, 6.07) is 0. The summed E-state index contributed by atoms with van der Waals surface area (Å²) >= 11 is 6.21. The first-order chi connectivity index (χ1) is 15.3. The minimum absolute atomic E-state index is 0.0305. The average molecular weight is 485 g/mol. The average Bonchev–Trinajstić information content (AvgIpc) is 2.99. The van der Waals surface area contributed by atoms with Gasteiger partial charge in [0.1, 0.15) is 6.10 Å². The topological polar surface area (TPSA) is 125 Å². The van der Waals surface area contributed by atoms with Crippen molar-refractivity contribution in [2.24, 2.45) is 5.92 Å². The van der Waals surface area contributed by atoms with Crippen molar-refractivity contribution in [1.29, 1.82) is 0 Å². The maximum Gasteiger partial charge on any atom is 0.337 e. The zero-order valence-corrected chi connectivity index (χ0v) is 20.0. The molecule has 1 saturated heterocycles. The Kier molecular flexibility index (Phi) is 8.48. The molecule has 182 valence electrons. The fraction of sp³-hybridized carbons (Fsp3) is 0.565. The molecule has 0 aromatic heterocycles. The van der Waals surface area contributed by atoms with Crippen molar-refractivity contribution in [3.05, 3.63) is 35.5 Å². The van der Waals surface area contributed by atoms with Crippen LogP contribution in [-0.4, -0.2) is 65.4 Å². The van der Waals surface area contributed by atoms with Gasteiger partial charge in [-0.3, -0.25) is 9.59 Å². The van der Waals surface area contributed by atoms with E-state index in [0.717, 1.165) is 19.6 Å². The standard InChI is InChI=1S/C23H29ClO9/c1-11-8-7-9-15(21(28)30-6)18(31-14(4)26)19(33-22(29)23(5,24)13(3)25)17-12(2)20(27)32-16(17)10-11/h9-10,13,16-19,25H,2,7-8H2,1,3-6H3/b11-10+,15-9-. The quantitative estimate of drug-likeness (QED) is 0.205. The number of aliphatic hydroxyl groups is 1. The minimum Gasteiger partial charge on any atom is -0.466 e. The number of halogens is 1. The lowest BCUT2D eigenvalue weighted by molar-refractivity contribution is -0.173. The Morgan fingerprint density at radius 2 is 1.97 bits per heavy atom. The van der Waals surface area contributed by atoms with E-state index in [1.807, 2.05) is 6.92 Å². The summed E-state index contributed by atoms with van der Waals surface area (Å²) in [5, 5.41) is 9.96. The number of fused-ring (bicyclic) bond motifs is 1. The number of hydrogen-bond donors (Lipinski definition) is 1. The second-order valence-electron chi connectivity index (χ2n) is 8.28. The van der Waals surface area contributed by atoms with Gasteiger partial charge in [-0.1, -0.05) is 18.2 Å². The highest BCUT2D eigenvalue weighted by Gasteiger charge is 2.52. The Morgan fingerprint density at radius 3 is 2.52 bits per heavy atom. The van der Waals surface area contributed by atoms with E-state index in [1.54, 1.807) is 6.08 Å². The lowest BCUT2D eigenvalue weighted by Gasteiger charge is -2.35. The molecule has 0 saturated carbocycles. The lowest BCUT2D eigenvalue weighted by atomic mass is 9.83. The van der Waals surface area contributed by atoms with Gasteiger partial charge in [-0.25, -0.2) is 9.59 Å². The van der Waals surface area contributed by atoms with Crippen molar-refractivity contribution in [3.63, 3.8) is 0 Å². The Hall–Kier alpha value is -2.65. The summed E-state index contributed by atoms with van der Waals surface area (Å²) in [7, 11) is 1.16. The third-order valence-corrected chi connectivity index (χ3v) is 6.18. The summed E-state index contributed by atoms with van der Waals surface area (Å²) in [5.74, 6) is -4.34. The fourth-order valence-electron chi connectivity index (χ4n) is 3.60. The molecule has 2 rings (SSSR count). The third kappa shape index (κ3) is 5.83. The number of esters is 4. The number of carbonyl (C=O) groups is 4.